The van der Waals surface area contributed by atoms with Crippen LogP contribution in [0.25, 0.3) is 0 Å². The molecule has 0 fully saturated rings. The van der Waals surface area contributed by atoms with Crippen LogP contribution in [0.5, 0.6) is 5.75 Å². The van der Waals surface area contributed by atoms with E-state index in [0.717, 1.165) is 19.3 Å². The molecule has 5 heteroatoms. The molecule has 1 atom stereocenters. The maximum atomic E-state index is 12.3. The first-order valence-electron chi connectivity index (χ1n) is 6.26. The number of para-hydroxylation sites is 1. The van der Waals surface area contributed by atoms with Gasteiger partial charge in [0.1, 0.15) is 5.75 Å². The molecule has 0 aliphatic heterocycles. The van der Waals surface area contributed by atoms with Crippen molar-refractivity contribution >= 4 is 0 Å². The topological polar surface area (TPSA) is 21.3 Å². The third-order valence-corrected chi connectivity index (χ3v) is 3.05. The summed E-state index contributed by atoms with van der Waals surface area (Å²) in [5.74, 6) is -0.131. The molecular formula is C14H16F3NO. The molecule has 0 spiro atoms. The first kappa shape index (κ1) is 13.9. The molecule has 2 rings (SSSR count). The standard InChI is InChI=1S/C14H16F3NO/c15-14(16,17)19-13-9-5-4-6-11(13)10-18-12-7-2-1-3-8-12/h1-2,4-6,9,12,18H,3,7-8,10H2. The quantitative estimate of drug-likeness (QED) is 0.841. The number of halogens is 3. The van der Waals surface area contributed by atoms with E-state index in [0.29, 0.717) is 18.2 Å². The van der Waals surface area contributed by atoms with Gasteiger partial charge < -0.3 is 10.1 Å². The van der Waals surface area contributed by atoms with E-state index in [2.05, 4.69) is 22.2 Å². The second kappa shape index (κ2) is 6.10. The summed E-state index contributed by atoms with van der Waals surface area (Å²) in [7, 11) is 0. The molecule has 1 aromatic carbocycles. The second-order valence-corrected chi connectivity index (χ2v) is 4.52. The molecule has 0 bridgehead atoms. The van der Waals surface area contributed by atoms with Crippen LogP contribution in [0.2, 0.25) is 0 Å². The summed E-state index contributed by atoms with van der Waals surface area (Å²) in [6.45, 7) is 0.380. The molecule has 1 aromatic rings. The molecule has 0 amide bonds. The summed E-state index contributed by atoms with van der Waals surface area (Å²) in [4.78, 5) is 0. The van der Waals surface area contributed by atoms with Crippen molar-refractivity contribution in [2.24, 2.45) is 0 Å². The van der Waals surface area contributed by atoms with E-state index in [1.807, 2.05) is 0 Å². The predicted molar refractivity (Wildman–Crippen MR) is 66.7 cm³/mol. The Balaban J connectivity index is 1.97. The summed E-state index contributed by atoms with van der Waals surface area (Å²) >= 11 is 0. The van der Waals surface area contributed by atoms with Crippen molar-refractivity contribution < 1.29 is 17.9 Å². The van der Waals surface area contributed by atoms with Gasteiger partial charge in [-0.05, 0) is 25.3 Å². The largest absolute Gasteiger partial charge is 0.573 e. The van der Waals surface area contributed by atoms with Gasteiger partial charge in [0.2, 0.25) is 0 Å². The summed E-state index contributed by atoms with van der Waals surface area (Å²) in [6, 6.07) is 6.55. The molecule has 1 N–H and O–H groups in total. The Hall–Kier alpha value is -1.49. The van der Waals surface area contributed by atoms with Gasteiger partial charge >= 0.3 is 6.36 Å². The van der Waals surface area contributed by atoms with E-state index < -0.39 is 6.36 Å². The summed E-state index contributed by atoms with van der Waals surface area (Å²) in [5, 5.41) is 3.27. The Morgan fingerprint density at radius 2 is 2.00 bits per heavy atom. The van der Waals surface area contributed by atoms with Gasteiger partial charge in [-0.1, -0.05) is 30.4 Å². The Kier molecular flexibility index (Phi) is 4.47. The number of alkyl halides is 3. The third kappa shape index (κ3) is 4.59. The predicted octanol–water partition coefficient (Wildman–Crippen LogP) is 3.78. The molecule has 0 aromatic heterocycles. The van der Waals surface area contributed by atoms with Gasteiger partial charge in [-0.25, -0.2) is 0 Å². The SMILES string of the molecule is FC(F)(F)Oc1ccccc1CNC1CC=CCC1. The van der Waals surface area contributed by atoms with Crippen LogP contribution >= 0.6 is 0 Å². The smallest absolute Gasteiger partial charge is 0.405 e. The van der Waals surface area contributed by atoms with Crippen molar-refractivity contribution in [3.05, 3.63) is 42.0 Å². The van der Waals surface area contributed by atoms with Crippen LogP contribution in [-0.4, -0.2) is 12.4 Å². The van der Waals surface area contributed by atoms with Crippen LogP contribution in [0.4, 0.5) is 13.2 Å². The van der Waals surface area contributed by atoms with Crippen molar-refractivity contribution in [2.75, 3.05) is 0 Å². The van der Waals surface area contributed by atoms with Gasteiger partial charge in [-0.3, -0.25) is 0 Å². The van der Waals surface area contributed by atoms with E-state index >= 15 is 0 Å². The Morgan fingerprint density at radius 3 is 2.68 bits per heavy atom. The van der Waals surface area contributed by atoms with Gasteiger partial charge in [0.25, 0.3) is 0 Å². The fraction of sp³-hybridized carbons (Fsp3) is 0.429. The highest BCUT2D eigenvalue weighted by Crippen LogP contribution is 2.26. The molecule has 1 unspecified atom stereocenters. The van der Waals surface area contributed by atoms with Gasteiger partial charge in [0.15, 0.2) is 0 Å². The molecule has 0 saturated heterocycles. The lowest BCUT2D eigenvalue weighted by Crippen LogP contribution is -2.29. The van der Waals surface area contributed by atoms with Crippen LogP contribution < -0.4 is 10.1 Å². The number of hydrogen-bond acceptors (Lipinski definition) is 2. The normalized spacial score (nSPS) is 19.4. The van der Waals surface area contributed by atoms with E-state index in [-0.39, 0.29) is 5.75 Å². The molecule has 19 heavy (non-hydrogen) atoms. The number of allylic oxidation sites excluding steroid dienone is 1. The maximum absolute atomic E-state index is 12.3. The van der Waals surface area contributed by atoms with Crippen LogP contribution in [0.1, 0.15) is 24.8 Å². The van der Waals surface area contributed by atoms with Gasteiger partial charge in [0.05, 0.1) is 0 Å². The van der Waals surface area contributed by atoms with Gasteiger partial charge in [-0.2, -0.15) is 0 Å². The summed E-state index contributed by atoms with van der Waals surface area (Å²) in [5.41, 5.74) is 0.523. The molecule has 1 aliphatic rings. The molecule has 0 saturated carbocycles. The average Bonchev–Trinajstić information content (AvgIpc) is 2.37. The first-order valence-corrected chi connectivity index (χ1v) is 6.26. The van der Waals surface area contributed by atoms with Gasteiger partial charge in [-0.15, -0.1) is 13.2 Å². The average molecular weight is 271 g/mol. The Morgan fingerprint density at radius 1 is 1.21 bits per heavy atom. The molecule has 104 valence electrons. The zero-order chi connectivity index (χ0) is 13.7. The number of benzene rings is 1. The monoisotopic (exact) mass is 271 g/mol. The van der Waals surface area contributed by atoms with Crippen LogP contribution in [0.3, 0.4) is 0 Å². The molecule has 0 heterocycles. The van der Waals surface area contributed by atoms with Crippen molar-refractivity contribution in [3.8, 4) is 5.75 Å². The highest BCUT2D eigenvalue weighted by molar-refractivity contribution is 5.33. The van der Waals surface area contributed by atoms with Crippen LogP contribution in [0, 0.1) is 0 Å². The lowest BCUT2D eigenvalue weighted by Gasteiger charge is -2.20. The Labute approximate surface area is 110 Å². The summed E-state index contributed by atoms with van der Waals surface area (Å²) in [6.07, 6.45) is 2.52. The van der Waals surface area contributed by atoms with Crippen molar-refractivity contribution in [1.82, 2.24) is 5.32 Å². The van der Waals surface area contributed by atoms with Crippen molar-refractivity contribution in [3.63, 3.8) is 0 Å². The van der Waals surface area contributed by atoms with E-state index in [4.69, 9.17) is 0 Å². The zero-order valence-corrected chi connectivity index (χ0v) is 10.4. The number of ether oxygens (including phenoxy) is 1. The first-order chi connectivity index (χ1) is 9.04. The lowest BCUT2D eigenvalue weighted by molar-refractivity contribution is -0.274. The lowest BCUT2D eigenvalue weighted by atomic mass is 10.0. The minimum absolute atomic E-state index is 0.131. The molecule has 1 aliphatic carbocycles. The van der Waals surface area contributed by atoms with Crippen molar-refractivity contribution in [2.45, 2.75) is 38.2 Å². The second-order valence-electron chi connectivity index (χ2n) is 4.52. The van der Waals surface area contributed by atoms with Crippen LogP contribution in [0.15, 0.2) is 36.4 Å². The number of nitrogens with one attached hydrogen (secondary N) is 1. The van der Waals surface area contributed by atoms with Gasteiger partial charge in [0, 0.05) is 18.2 Å². The third-order valence-electron chi connectivity index (χ3n) is 3.05. The highest BCUT2D eigenvalue weighted by atomic mass is 19.4. The maximum Gasteiger partial charge on any atom is 0.573 e. The van der Waals surface area contributed by atoms with E-state index in [1.165, 1.54) is 12.1 Å². The fourth-order valence-electron chi connectivity index (χ4n) is 2.11. The molecule has 2 nitrogen and oxygen atoms in total. The van der Waals surface area contributed by atoms with E-state index in [9.17, 15) is 13.2 Å². The summed E-state index contributed by atoms with van der Waals surface area (Å²) < 4.78 is 40.8. The minimum Gasteiger partial charge on any atom is -0.405 e. The number of hydrogen-bond donors (Lipinski definition) is 1. The Bertz CT molecular complexity index is 443. The van der Waals surface area contributed by atoms with E-state index in [1.54, 1.807) is 12.1 Å². The van der Waals surface area contributed by atoms with Crippen LogP contribution in [-0.2, 0) is 6.54 Å². The highest BCUT2D eigenvalue weighted by Gasteiger charge is 2.31. The number of rotatable bonds is 4. The molecular weight excluding hydrogens is 255 g/mol. The minimum atomic E-state index is -4.65. The molecule has 0 radical (unpaired) electrons. The zero-order valence-electron chi connectivity index (χ0n) is 10.4. The fourth-order valence-corrected chi connectivity index (χ4v) is 2.11. The van der Waals surface area contributed by atoms with Crippen molar-refractivity contribution in [1.29, 1.82) is 0 Å².